The summed E-state index contributed by atoms with van der Waals surface area (Å²) < 4.78 is 70.4. The van der Waals surface area contributed by atoms with E-state index >= 15 is 4.39 Å². The fraction of sp³-hybridized carbons (Fsp3) is 0.594. The van der Waals surface area contributed by atoms with Crippen molar-refractivity contribution in [1.29, 1.82) is 0 Å². The first-order valence-electron chi connectivity index (χ1n) is 16.0. The van der Waals surface area contributed by atoms with Gasteiger partial charge in [-0.1, -0.05) is 51.1 Å². The molecule has 282 valence electrons. The van der Waals surface area contributed by atoms with Gasteiger partial charge in [-0.05, 0) is 33.3 Å². The lowest BCUT2D eigenvalue weighted by atomic mass is 9.96. The highest BCUT2D eigenvalue weighted by Gasteiger charge is 2.59. The number of hydrogen-bond acceptors (Lipinski definition) is 16. The number of aromatic nitrogens is 4. The summed E-state index contributed by atoms with van der Waals surface area (Å²) in [6.07, 6.45) is -4.85. The molecule has 1 aliphatic rings. The molecule has 6 atom stereocenters. The topological polar surface area (TPSA) is 218 Å². The number of rotatable bonds is 15. The Labute approximate surface area is 294 Å². The van der Waals surface area contributed by atoms with Crippen LogP contribution in [0.15, 0.2) is 36.7 Å². The van der Waals surface area contributed by atoms with Crippen LogP contribution in [-0.2, 0) is 53.1 Å². The minimum absolute atomic E-state index is 0.115. The van der Waals surface area contributed by atoms with Crippen molar-refractivity contribution in [3.8, 4) is 0 Å². The van der Waals surface area contributed by atoms with Crippen LogP contribution in [-0.4, -0.2) is 88.0 Å². The minimum Gasteiger partial charge on any atom is -0.456 e. The summed E-state index contributed by atoms with van der Waals surface area (Å²) in [7, 11) is -3.10. The molecule has 1 fully saturated rings. The molecule has 3 heterocycles. The van der Waals surface area contributed by atoms with Gasteiger partial charge < -0.3 is 35.1 Å². The summed E-state index contributed by atoms with van der Waals surface area (Å²) in [5.41, 5.74) is 2.79. The van der Waals surface area contributed by atoms with Gasteiger partial charge in [0, 0.05) is 12.5 Å². The molecule has 0 radical (unpaired) electrons. The van der Waals surface area contributed by atoms with Crippen LogP contribution in [0, 0.1) is 10.8 Å². The van der Waals surface area contributed by atoms with E-state index in [1.165, 1.54) is 10.9 Å². The third-order valence-corrected chi connectivity index (χ3v) is 8.95. The molecule has 1 aliphatic heterocycles. The molecule has 51 heavy (non-hydrogen) atoms. The van der Waals surface area contributed by atoms with E-state index < -0.39 is 81.2 Å². The predicted octanol–water partition coefficient (Wildman–Crippen LogP) is 4.27. The Bertz CT molecular complexity index is 1710. The fourth-order valence-corrected chi connectivity index (χ4v) is 5.73. The summed E-state index contributed by atoms with van der Waals surface area (Å²) in [6.45, 7) is 8.71. The second kappa shape index (κ2) is 15.9. The number of nitrogens with zero attached hydrogens (tertiary/aromatic N) is 4. The number of alkyl halides is 1. The zero-order chi connectivity index (χ0) is 37.8. The molecule has 4 rings (SSSR count). The molecule has 4 N–H and O–H groups in total. The van der Waals surface area contributed by atoms with Crippen LogP contribution in [0.25, 0.3) is 11.2 Å². The molecule has 0 saturated carbocycles. The number of ether oxygens (including phenoxy) is 4. The summed E-state index contributed by atoms with van der Waals surface area (Å²) in [5.74, 6) is -1.30. The van der Waals surface area contributed by atoms with Gasteiger partial charge >= 0.3 is 19.8 Å². The maximum absolute atomic E-state index is 17.1. The number of nitrogens with two attached hydrogens (primary N) is 1. The maximum atomic E-state index is 17.1. The van der Waals surface area contributed by atoms with Crippen LogP contribution in [0.5, 0.6) is 0 Å². The normalized spacial score (nSPS) is 22.7. The molecule has 2 aromatic heterocycles. The fourth-order valence-electron chi connectivity index (χ4n) is 4.80. The van der Waals surface area contributed by atoms with Gasteiger partial charge in [-0.25, -0.2) is 18.5 Å². The first-order valence-corrected chi connectivity index (χ1v) is 17.5. The van der Waals surface area contributed by atoms with E-state index in [2.05, 4.69) is 20.3 Å². The number of carbonyl (C=O) groups excluding carboxylic acids is 2. The number of carbonyl (C=O) groups is 2. The lowest BCUT2D eigenvalue weighted by molar-refractivity contribution is -0.196. The van der Waals surface area contributed by atoms with Crippen LogP contribution >= 0.6 is 7.82 Å². The number of phosphoric ester groups is 1. The summed E-state index contributed by atoms with van der Waals surface area (Å²) in [6, 6.07) is 8.68. The van der Waals surface area contributed by atoms with E-state index in [1.807, 2.05) is 0 Å². The molecule has 1 aromatic carbocycles. The quantitative estimate of drug-likeness (QED) is 0.113. The second-order valence-electron chi connectivity index (χ2n) is 14.1. The van der Waals surface area contributed by atoms with Crippen molar-refractivity contribution in [3.63, 3.8) is 0 Å². The molecule has 2 unspecified atom stereocenters. The van der Waals surface area contributed by atoms with Gasteiger partial charge in [0.15, 0.2) is 48.1 Å². The summed E-state index contributed by atoms with van der Waals surface area (Å²) in [4.78, 5) is 38.1. The van der Waals surface area contributed by atoms with Crippen LogP contribution in [0.2, 0.25) is 0 Å². The largest absolute Gasteiger partial charge is 0.479 e. The van der Waals surface area contributed by atoms with Crippen molar-refractivity contribution >= 4 is 42.7 Å². The van der Waals surface area contributed by atoms with E-state index in [0.29, 0.717) is 5.56 Å². The standard InChI is InChI=1S/C32H46FN6O11P/c1-30(2,3)27(41)44-17-47-51(43,48-18-45-28(42)31(4,5)6)46-15-20-23(50-21(40)14-19-12-10-9-11-13-19)32(7,33)26(49-20)39-16-36-22-24(35-8)37-29(34)38-25(22)39/h9-13,16,20,23,26-27,41H,14-15,17-18H2,1-8H3,(H3,34,35,37,38)/t20-,23-,26-,27?,32-,51?/m1/s1. The van der Waals surface area contributed by atoms with Crippen molar-refractivity contribution in [2.45, 2.75) is 85.3 Å². The zero-order valence-corrected chi connectivity index (χ0v) is 30.7. The first kappa shape index (κ1) is 40.0. The Kier molecular flexibility index (Phi) is 12.4. The Hall–Kier alpha value is -3.77. The first-order chi connectivity index (χ1) is 23.7. The molecule has 0 amide bonds. The molecular formula is C32H46FN6O11P. The zero-order valence-electron chi connectivity index (χ0n) is 29.8. The summed E-state index contributed by atoms with van der Waals surface area (Å²) in [5, 5.41) is 13.1. The molecular weight excluding hydrogens is 694 g/mol. The van der Waals surface area contributed by atoms with Crippen LogP contribution in [0.3, 0.4) is 0 Å². The Morgan fingerprint density at radius 2 is 1.78 bits per heavy atom. The molecule has 3 aromatic rings. The number of hydrogen-bond donors (Lipinski definition) is 3. The van der Waals surface area contributed by atoms with Gasteiger partial charge in [-0.15, -0.1) is 0 Å². The van der Waals surface area contributed by atoms with Crippen LogP contribution < -0.4 is 11.1 Å². The molecule has 0 aliphatic carbocycles. The number of imidazole rings is 1. The van der Waals surface area contributed by atoms with Crippen molar-refractivity contribution in [2.75, 3.05) is 38.3 Å². The average molecular weight is 741 g/mol. The SMILES string of the molecule is CNc1nc(N)nc2c1ncn2[C@@H]1O[C@H](COP(=O)(OCOC(=O)C(C)(C)C)OCOC(O)C(C)(C)C)[C@@H](OC(=O)Cc2ccccc2)[C@@]1(C)F. The van der Waals surface area contributed by atoms with Crippen molar-refractivity contribution in [3.05, 3.63) is 42.2 Å². The monoisotopic (exact) mass is 740 g/mol. The van der Waals surface area contributed by atoms with Crippen LogP contribution in [0.1, 0.15) is 60.3 Å². The number of anilines is 2. The highest BCUT2D eigenvalue weighted by molar-refractivity contribution is 7.48. The number of aliphatic hydroxyl groups excluding tert-OH is 1. The third-order valence-electron chi connectivity index (χ3n) is 7.65. The van der Waals surface area contributed by atoms with E-state index in [4.69, 9.17) is 38.3 Å². The van der Waals surface area contributed by atoms with Gasteiger partial charge in [-0.2, -0.15) is 9.97 Å². The molecule has 1 saturated heterocycles. The molecule has 0 spiro atoms. The van der Waals surface area contributed by atoms with Gasteiger partial charge in [0.2, 0.25) is 12.7 Å². The number of esters is 2. The number of benzene rings is 1. The summed E-state index contributed by atoms with van der Waals surface area (Å²) >= 11 is 0. The maximum Gasteiger partial charge on any atom is 0.479 e. The van der Waals surface area contributed by atoms with Crippen LogP contribution in [0.4, 0.5) is 16.2 Å². The predicted molar refractivity (Wildman–Crippen MR) is 180 cm³/mol. The van der Waals surface area contributed by atoms with Gasteiger partial charge in [-0.3, -0.25) is 23.2 Å². The van der Waals surface area contributed by atoms with E-state index in [-0.39, 0.29) is 29.4 Å². The molecule has 19 heteroatoms. The Morgan fingerprint density at radius 1 is 1.12 bits per heavy atom. The van der Waals surface area contributed by atoms with Gasteiger partial charge in [0.1, 0.15) is 6.10 Å². The van der Waals surface area contributed by atoms with E-state index in [1.54, 1.807) is 78.9 Å². The number of nitrogens with one attached hydrogen (secondary N) is 1. The van der Waals surface area contributed by atoms with Crippen molar-refractivity contribution in [2.24, 2.45) is 10.8 Å². The second-order valence-corrected chi connectivity index (χ2v) is 15.7. The smallest absolute Gasteiger partial charge is 0.456 e. The highest BCUT2D eigenvalue weighted by Crippen LogP contribution is 2.52. The lowest BCUT2D eigenvalue weighted by Crippen LogP contribution is -2.44. The minimum atomic E-state index is -4.70. The van der Waals surface area contributed by atoms with Gasteiger partial charge in [0.25, 0.3) is 0 Å². The number of fused-ring (bicyclic) bond motifs is 1. The molecule has 0 bridgehead atoms. The Morgan fingerprint density at radius 3 is 2.41 bits per heavy atom. The number of nitrogen functional groups attached to an aromatic ring is 1. The number of aliphatic hydroxyl groups is 1. The number of halogens is 1. The van der Waals surface area contributed by atoms with Crippen molar-refractivity contribution < 1.29 is 56.2 Å². The average Bonchev–Trinajstić information content (AvgIpc) is 3.56. The lowest BCUT2D eigenvalue weighted by Gasteiger charge is -2.28. The highest BCUT2D eigenvalue weighted by atomic mass is 31.2. The van der Waals surface area contributed by atoms with E-state index in [9.17, 15) is 19.3 Å². The van der Waals surface area contributed by atoms with Crippen molar-refractivity contribution in [1.82, 2.24) is 19.5 Å². The van der Waals surface area contributed by atoms with Gasteiger partial charge in [0.05, 0.1) is 24.8 Å². The Balaban J connectivity index is 1.62. The van der Waals surface area contributed by atoms with E-state index in [0.717, 1.165) is 6.92 Å². The third kappa shape index (κ3) is 9.97. The molecule has 17 nitrogen and oxygen atoms in total. The number of phosphoric acid groups is 1.